The molecule has 11 amide bonds. The Labute approximate surface area is 400 Å². The molecule has 1 heterocycles. The van der Waals surface area contributed by atoms with E-state index in [4.69, 9.17) is 17.2 Å². The largest absolute Gasteiger partial charge is 0.508 e. The number of primary amides is 2. The predicted octanol–water partition coefficient (Wildman–Crippen LogP) is -3.80. The predicted molar refractivity (Wildman–Crippen MR) is 248 cm³/mol. The highest BCUT2D eigenvalue weighted by Crippen LogP contribution is 2.41. The van der Waals surface area contributed by atoms with Gasteiger partial charge in [-0.3, -0.25) is 52.7 Å². The number of phenols is 1. The van der Waals surface area contributed by atoms with Crippen molar-refractivity contribution in [2.24, 2.45) is 40.9 Å². The fourth-order valence-corrected chi connectivity index (χ4v) is 7.57. The molecule has 1 saturated heterocycles. The van der Waals surface area contributed by atoms with Gasteiger partial charge in [0.2, 0.25) is 65.0 Å². The summed E-state index contributed by atoms with van der Waals surface area (Å²) in [4.78, 5) is 145. The molecule has 4 unspecified atom stereocenters. The fourth-order valence-electron chi connectivity index (χ4n) is 7.57. The first-order valence-electron chi connectivity index (χ1n) is 23.3. The maximum absolute atomic E-state index is 14.0. The smallest absolute Gasteiger partial charge is 0.243 e. The van der Waals surface area contributed by atoms with Gasteiger partial charge in [-0.2, -0.15) is 0 Å². The number of benzene rings is 1. The summed E-state index contributed by atoms with van der Waals surface area (Å²) in [7, 11) is 0. The van der Waals surface area contributed by atoms with E-state index < -0.39 is 133 Å². The van der Waals surface area contributed by atoms with Gasteiger partial charge in [0.25, 0.3) is 0 Å². The highest BCUT2D eigenvalue weighted by molar-refractivity contribution is 5.98. The first-order chi connectivity index (χ1) is 32.6. The Kier molecular flexibility index (Phi) is 22.8. The SMILES string of the molecule is CCC(C)C1NC(=O)[C@H](Cc2ccc(O)cc2)NC(=O)CNC(=O)CC[C@@H](C(=O)NCCC2CC2C(=O)N[C@@H](CC(C)C)C(=O)NCC(N)=O)NC(=O)[C@H](CC(N)=O)NC(=O)[C@H](CCCN)NC1=O. The molecule has 0 radical (unpaired) electrons. The third kappa shape index (κ3) is 19.7. The van der Waals surface area contributed by atoms with Crippen molar-refractivity contribution in [1.29, 1.82) is 0 Å². The number of hydrogen-bond donors (Lipinski definition) is 13. The van der Waals surface area contributed by atoms with Crippen LogP contribution in [0.2, 0.25) is 0 Å². The molecule has 16 N–H and O–H groups in total. The average molecular weight is 971 g/mol. The Bertz CT molecular complexity index is 2020. The van der Waals surface area contributed by atoms with Crippen LogP contribution in [0.25, 0.3) is 0 Å². The Morgan fingerprint density at radius 3 is 2.04 bits per heavy atom. The van der Waals surface area contributed by atoms with E-state index >= 15 is 0 Å². The van der Waals surface area contributed by atoms with Crippen LogP contribution in [0.4, 0.5) is 0 Å². The van der Waals surface area contributed by atoms with Gasteiger partial charge in [-0.15, -0.1) is 0 Å². The molecule has 24 nitrogen and oxygen atoms in total. The molecule has 1 aromatic carbocycles. The lowest BCUT2D eigenvalue weighted by Gasteiger charge is -2.29. The first-order valence-corrected chi connectivity index (χ1v) is 23.3. The third-order valence-electron chi connectivity index (χ3n) is 11.8. The van der Waals surface area contributed by atoms with Crippen LogP contribution in [0.15, 0.2) is 24.3 Å². The minimum Gasteiger partial charge on any atom is -0.508 e. The van der Waals surface area contributed by atoms with Crippen LogP contribution in [-0.4, -0.2) is 133 Å². The number of carbonyl (C=O) groups is 11. The van der Waals surface area contributed by atoms with Crippen molar-refractivity contribution in [3.63, 3.8) is 0 Å². The molecule has 0 bridgehead atoms. The van der Waals surface area contributed by atoms with E-state index in [9.17, 15) is 57.8 Å². The normalized spacial score (nSPS) is 23.8. The Morgan fingerprint density at radius 1 is 0.768 bits per heavy atom. The lowest BCUT2D eigenvalue weighted by atomic mass is 9.96. The number of phenolic OH excluding ortho intramolecular Hbond substituents is 1. The number of rotatable bonds is 20. The molecule has 1 aromatic rings. The zero-order valence-electron chi connectivity index (χ0n) is 39.7. The molecular weight excluding hydrogens is 901 g/mol. The van der Waals surface area contributed by atoms with E-state index in [0.29, 0.717) is 31.2 Å². The monoisotopic (exact) mass is 971 g/mol. The number of amides is 11. The van der Waals surface area contributed by atoms with Gasteiger partial charge in [0, 0.05) is 25.3 Å². The lowest BCUT2D eigenvalue weighted by Crippen LogP contribution is -2.61. The molecule has 69 heavy (non-hydrogen) atoms. The summed E-state index contributed by atoms with van der Waals surface area (Å²) < 4.78 is 0. The molecule has 1 saturated carbocycles. The van der Waals surface area contributed by atoms with Gasteiger partial charge in [-0.25, -0.2) is 0 Å². The Hall–Kier alpha value is -6.85. The summed E-state index contributed by atoms with van der Waals surface area (Å²) in [5.41, 5.74) is 16.9. The van der Waals surface area contributed by atoms with Crippen LogP contribution in [0.5, 0.6) is 5.75 Å². The molecule has 2 fully saturated rings. The van der Waals surface area contributed by atoms with Crippen LogP contribution in [0.1, 0.15) is 91.0 Å². The summed E-state index contributed by atoms with van der Waals surface area (Å²) in [6.45, 7) is 6.31. The lowest BCUT2D eigenvalue weighted by molar-refractivity contribution is -0.136. The topological polar surface area (TPSA) is 394 Å². The summed E-state index contributed by atoms with van der Waals surface area (Å²) in [5.74, 6) is -9.63. The van der Waals surface area contributed by atoms with Gasteiger partial charge in [0.05, 0.1) is 19.5 Å². The van der Waals surface area contributed by atoms with Gasteiger partial charge in [0.1, 0.15) is 42.0 Å². The van der Waals surface area contributed by atoms with Gasteiger partial charge in [0.15, 0.2) is 0 Å². The summed E-state index contributed by atoms with van der Waals surface area (Å²) >= 11 is 0. The second kappa shape index (κ2) is 27.8. The highest BCUT2D eigenvalue weighted by atomic mass is 16.3. The van der Waals surface area contributed by atoms with Gasteiger partial charge < -0.3 is 70.2 Å². The summed E-state index contributed by atoms with van der Waals surface area (Å²) in [6, 6.07) is -2.05. The molecule has 0 spiro atoms. The van der Waals surface area contributed by atoms with E-state index in [0.717, 1.165) is 0 Å². The summed E-state index contributed by atoms with van der Waals surface area (Å²) in [5, 5.41) is 32.9. The zero-order chi connectivity index (χ0) is 51.4. The van der Waals surface area contributed by atoms with Crippen molar-refractivity contribution in [3.8, 4) is 5.75 Å². The van der Waals surface area contributed by atoms with Crippen LogP contribution < -0.4 is 65.1 Å². The first kappa shape index (κ1) is 56.5. The van der Waals surface area contributed by atoms with Crippen molar-refractivity contribution in [3.05, 3.63) is 29.8 Å². The van der Waals surface area contributed by atoms with E-state index in [1.54, 1.807) is 13.8 Å². The Balaban J connectivity index is 1.86. The van der Waals surface area contributed by atoms with E-state index in [-0.39, 0.29) is 62.3 Å². The Morgan fingerprint density at radius 2 is 1.42 bits per heavy atom. The van der Waals surface area contributed by atoms with Gasteiger partial charge in [-0.05, 0) is 80.5 Å². The molecule has 3 rings (SSSR count). The second-order valence-corrected chi connectivity index (χ2v) is 18.0. The maximum atomic E-state index is 14.0. The van der Waals surface area contributed by atoms with Crippen LogP contribution in [0.3, 0.4) is 0 Å². The number of nitrogens with two attached hydrogens (primary N) is 3. The number of aromatic hydroxyl groups is 1. The van der Waals surface area contributed by atoms with Crippen molar-refractivity contribution in [1.82, 2.24) is 47.9 Å². The van der Waals surface area contributed by atoms with E-state index in [2.05, 4.69) is 47.9 Å². The minimum atomic E-state index is -1.67. The third-order valence-corrected chi connectivity index (χ3v) is 11.8. The fraction of sp³-hybridized carbons (Fsp3) is 0.622. The quantitative estimate of drug-likeness (QED) is 0.0597. The van der Waals surface area contributed by atoms with E-state index in [1.165, 1.54) is 24.3 Å². The molecule has 1 aliphatic carbocycles. The molecule has 0 aromatic heterocycles. The number of carbonyl (C=O) groups excluding carboxylic acids is 11. The molecule has 9 atom stereocenters. The van der Waals surface area contributed by atoms with E-state index in [1.807, 2.05) is 13.8 Å². The molecule has 382 valence electrons. The maximum Gasteiger partial charge on any atom is 0.243 e. The molecule has 2 aliphatic rings. The molecule has 24 heteroatoms. The van der Waals surface area contributed by atoms with Crippen LogP contribution in [0, 0.1) is 23.7 Å². The van der Waals surface area contributed by atoms with Crippen molar-refractivity contribution < 1.29 is 57.8 Å². The highest BCUT2D eigenvalue weighted by Gasteiger charge is 2.44. The van der Waals surface area contributed by atoms with Crippen molar-refractivity contribution >= 4 is 65.0 Å². The summed E-state index contributed by atoms with van der Waals surface area (Å²) in [6.07, 6.45) is 0.0443. The zero-order valence-corrected chi connectivity index (χ0v) is 39.7. The van der Waals surface area contributed by atoms with Crippen molar-refractivity contribution in [2.75, 3.05) is 26.2 Å². The van der Waals surface area contributed by atoms with Crippen LogP contribution in [-0.2, 0) is 59.2 Å². The van der Waals surface area contributed by atoms with Gasteiger partial charge >= 0.3 is 0 Å². The van der Waals surface area contributed by atoms with Gasteiger partial charge in [-0.1, -0.05) is 46.2 Å². The average Bonchev–Trinajstić information content (AvgIpc) is 4.07. The molecular formula is C45H70N12O12. The van der Waals surface area contributed by atoms with Crippen LogP contribution >= 0.6 is 0 Å². The standard InChI is InChI=1S/C45H70N12O12/c1-5-24(4)38-45(69)54-29(7-6-15-46)42(66)56-33(20-34(47)59)43(67)53-30(12-13-36(61)50-22-37(62)52-32(44(68)57-38)18-25-8-10-27(58)11-9-25)40(64)49-16-14-26-19-28(26)39(63)55-31(17-23(2)3)41(65)51-21-35(48)60/h8-11,23-24,26,28-33,38,58H,5-7,12-22,46H2,1-4H3,(H2,47,59)(H2,48,60)(H,49,64)(H,50,61)(H,51,65)(H,52,62)(H,53,67)(H,54,69)(H,55,63)(H,56,66)(H,57,68)/t24?,26?,28?,29-,30-,31-,32-,33-,38?/m0/s1. The molecule has 1 aliphatic heterocycles. The number of hydrogen-bond acceptors (Lipinski definition) is 13. The second-order valence-electron chi connectivity index (χ2n) is 18.0. The minimum absolute atomic E-state index is 0.0149. The number of nitrogens with one attached hydrogen (secondary N) is 9. The van der Waals surface area contributed by atoms with Crippen molar-refractivity contribution in [2.45, 2.75) is 128 Å².